The monoisotopic (exact) mass is 305 g/mol. The summed E-state index contributed by atoms with van der Waals surface area (Å²) < 4.78 is 0. The molecule has 0 radical (unpaired) electrons. The largest absolute Gasteiger partial charge is 0.370 e. The summed E-state index contributed by atoms with van der Waals surface area (Å²) in [6.07, 6.45) is 0. The first-order valence-electron chi connectivity index (χ1n) is 7.17. The number of thiazole rings is 1. The average molecular weight is 305 g/mol. The van der Waals surface area contributed by atoms with E-state index in [1.54, 1.807) is 11.3 Å². The van der Waals surface area contributed by atoms with Crippen LogP contribution in [0.3, 0.4) is 0 Å². The molecule has 0 unspecified atom stereocenters. The summed E-state index contributed by atoms with van der Waals surface area (Å²) in [5.41, 5.74) is 0.956. The molecule has 0 saturated carbocycles. The van der Waals surface area contributed by atoms with Crippen LogP contribution in [0.15, 0.2) is 11.4 Å². The molecule has 0 amide bonds. The molecule has 0 aliphatic heterocycles. The number of anilines is 2. The first-order chi connectivity index (χ1) is 9.88. The number of rotatable bonds is 5. The van der Waals surface area contributed by atoms with E-state index in [9.17, 15) is 0 Å². The van der Waals surface area contributed by atoms with Gasteiger partial charge in [0.25, 0.3) is 0 Å². The Morgan fingerprint density at radius 1 is 1.10 bits per heavy atom. The third kappa shape index (κ3) is 4.39. The lowest BCUT2D eigenvalue weighted by Gasteiger charge is -2.19. The Kier molecular flexibility index (Phi) is 4.77. The van der Waals surface area contributed by atoms with Crippen molar-refractivity contribution in [3.05, 3.63) is 28.0 Å². The molecule has 0 aromatic carbocycles. The van der Waals surface area contributed by atoms with Crippen molar-refractivity contribution in [2.75, 3.05) is 17.2 Å². The number of hydrogen-bond donors (Lipinski definition) is 2. The average Bonchev–Trinajstić information content (AvgIpc) is 2.81. The second-order valence-corrected chi connectivity index (χ2v) is 7.02. The van der Waals surface area contributed by atoms with Gasteiger partial charge in [0, 0.05) is 23.4 Å². The summed E-state index contributed by atoms with van der Waals surface area (Å²) in [6.45, 7) is 11.9. The molecule has 2 aromatic rings. The predicted molar refractivity (Wildman–Crippen MR) is 89.1 cm³/mol. The highest BCUT2D eigenvalue weighted by Crippen LogP contribution is 2.22. The molecular formula is C15H23N5S. The summed E-state index contributed by atoms with van der Waals surface area (Å²) >= 11 is 1.66. The zero-order valence-electron chi connectivity index (χ0n) is 13.3. The number of nitrogens with zero attached hydrogens (tertiary/aromatic N) is 3. The van der Waals surface area contributed by atoms with Gasteiger partial charge in [0.1, 0.15) is 17.5 Å². The highest BCUT2D eigenvalue weighted by molar-refractivity contribution is 7.09. The first kappa shape index (κ1) is 15.7. The molecule has 6 heteroatoms. The Morgan fingerprint density at radius 3 is 2.29 bits per heavy atom. The van der Waals surface area contributed by atoms with Crippen LogP contribution in [0.1, 0.15) is 44.2 Å². The molecule has 114 valence electrons. The number of nitrogens with one attached hydrogen (secondary N) is 2. The molecule has 0 aliphatic carbocycles. The van der Waals surface area contributed by atoms with Gasteiger partial charge in [0.2, 0.25) is 0 Å². The van der Waals surface area contributed by atoms with Crippen molar-refractivity contribution in [3.63, 3.8) is 0 Å². The van der Waals surface area contributed by atoms with E-state index in [-0.39, 0.29) is 5.41 Å². The van der Waals surface area contributed by atoms with E-state index >= 15 is 0 Å². The lowest BCUT2D eigenvalue weighted by Crippen LogP contribution is -2.18. The van der Waals surface area contributed by atoms with E-state index in [0.717, 1.165) is 34.7 Å². The van der Waals surface area contributed by atoms with Crippen LogP contribution in [0.4, 0.5) is 11.6 Å². The maximum atomic E-state index is 4.62. The van der Waals surface area contributed by atoms with Gasteiger partial charge in [-0.1, -0.05) is 20.8 Å². The predicted octanol–water partition coefficient (Wildman–Crippen LogP) is 3.58. The molecule has 2 N–H and O–H groups in total. The van der Waals surface area contributed by atoms with Crippen molar-refractivity contribution in [2.24, 2.45) is 0 Å². The quantitative estimate of drug-likeness (QED) is 0.884. The zero-order valence-corrected chi connectivity index (χ0v) is 14.1. The molecule has 2 aromatic heterocycles. The van der Waals surface area contributed by atoms with Gasteiger partial charge in [-0.2, -0.15) is 0 Å². The minimum absolute atomic E-state index is 0.0842. The van der Waals surface area contributed by atoms with Crippen molar-refractivity contribution in [3.8, 4) is 0 Å². The third-order valence-electron chi connectivity index (χ3n) is 2.87. The van der Waals surface area contributed by atoms with Gasteiger partial charge in [0.05, 0.1) is 17.2 Å². The van der Waals surface area contributed by atoms with Crippen molar-refractivity contribution in [2.45, 2.75) is 46.6 Å². The van der Waals surface area contributed by atoms with Crippen LogP contribution in [0.25, 0.3) is 0 Å². The maximum absolute atomic E-state index is 4.62. The molecule has 0 spiro atoms. The molecule has 0 bridgehead atoms. The zero-order chi connectivity index (χ0) is 15.5. The lowest BCUT2D eigenvalue weighted by atomic mass is 9.96. The van der Waals surface area contributed by atoms with Gasteiger partial charge in [-0.25, -0.2) is 15.0 Å². The van der Waals surface area contributed by atoms with Crippen LogP contribution < -0.4 is 10.6 Å². The van der Waals surface area contributed by atoms with Gasteiger partial charge in [-0.3, -0.25) is 0 Å². The van der Waals surface area contributed by atoms with Gasteiger partial charge in [-0.05, 0) is 13.8 Å². The number of aryl methyl sites for hydroxylation is 1. The summed E-state index contributed by atoms with van der Waals surface area (Å²) in [5.74, 6) is 2.52. The second kappa shape index (κ2) is 6.39. The Morgan fingerprint density at radius 2 is 1.76 bits per heavy atom. The van der Waals surface area contributed by atoms with Gasteiger partial charge in [0.15, 0.2) is 0 Å². The minimum atomic E-state index is -0.0842. The Balaban J connectivity index is 2.19. The fraction of sp³-hybridized carbons (Fsp3) is 0.533. The van der Waals surface area contributed by atoms with Crippen molar-refractivity contribution in [1.82, 2.24) is 15.0 Å². The molecule has 2 rings (SSSR count). The highest BCUT2D eigenvalue weighted by Gasteiger charge is 2.19. The fourth-order valence-electron chi connectivity index (χ4n) is 1.82. The fourth-order valence-corrected chi connectivity index (χ4v) is 2.43. The van der Waals surface area contributed by atoms with Crippen molar-refractivity contribution >= 4 is 23.0 Å². The highest BCUT2D eigenvalue weighted by atomic mass is 32.1. The van der Waals surface area contributed by atoms with E-state index in [1.165, 1.54) is 0 Å². The standard InChI is InChI=1S/C15H23N5S/c1-6-16-12-7-13(20-14(19-12)15(3,4)5)17-8-11-9-21-10(2)18-11/h7,9H,6,8H2,1-5H3,(H2,16,17,19,20). The third-order valence-corrected chi connectivity index (χ3v) is 3.69. The van der Waals surface area contributed by atoms with E-state index in [4.69, 9.17) is 0 Å². The summed E-state index contributed by atoms with van der Waals surface area (Å²) in [5, 5.41) is 9.75. The van der Waals surface area contributed by atoms with E-state index < -0.39 is 0 Å². The smallest absolute Gasteiger partial charge is 0.138 e. The Labute approximate surface area is 130 Å². The van der Waals surface area contributed by atoms with Gasteiger partial charge < -0.3 is 10.6 Å². The molecular weight excluding hydrogens is 282 g/mol. The molecule has 0 fully saturated rings. The van der Waals surface area contributed by atoms with Crippen LogP contribution in [-0.2, 0) is 12.0 Å². The lowest BCUT2D eigenvalue weighted by molar-refractivity contribution is 0.546. The van der Waals surface area contributed by atoms with Crippen LogP contribution in [0, 0.1) is 6.92 Å². The first-order valence-corrected chi connectivity index (χ1v) is 8.04. The number of aromatic nitrogens is 3. The maximum Gasteiger partial charge on any atom is 0.138 e. The SMILES string of the molecule is CCNc1cc(NCc2csc(C)n2)nc(C(C)(C)C)n1. The van der Waals surface area contributed by atoms with Crippen molar-refractivity contribution < 1.29 is 0 Å². The van der Waals surface area contributed by atoms with Gasteiger partial charge >= 0.3 is 0 Å². The van der Waals surface area contributed by atoms with E-state index in [0.29, 0.717) is 6.54 Å². The van der Waals surface area contributed by atoms with Crippen LogP contribution >= 0.6 is 11.3 Å². The molecule has 0 saturated heterocycles. The molecule has 21 heavy (non-hydrogen) atoms. The van der Waals surface area contributed by atoms with E-state index in [1.807, 2.05) is 13.0 Å². The van der Waals surface area contributed by atoms with E-state index in [2.05, 4.69) is 58.7 Å². The molecule has 0 atom stereocenters. The summed E-state index contributed by atoms with van der Waals surface area (Å²) in [6, 6.07) is 1.94. The Hall–Kier alpha value is -1.69. The minimum Gasteiger partial charge on any atom is -0.370 e. The van der Waals surface area contributed by atoms with Crippen molar-refractivity contribution in [1.29, 1.82) is 0 Å². The molecule has 0 aliphatic rings. The topological polar surface area (TPSA) is 62.7 Å². The number of hydrogen-bond acceptors (Lipinski definition) is 6. The van der Waals surface area contributed by atoms with Gasteiger partial charge in [-0.15, -0.1) is 11.3 Å². The van der Waals surface area contributed by atoms with Crippen LogP contribution in [-0.4, -0.2) is 21.5 Å². The summed E-state index contributed by atoms with van der Waals surface area (Å²) in [4.78, 5) is 13.7. The molecule has 2 heterocycles. The second-order valence-electron chi connectivity index (χ2n) is 5.95. The van der Waals surface area contributed by atoms with Crippen LogP contribution in [0.5, 0.6) is 0 Å². The summed E-state index contributed by atoms with van der Waals surface area (Å²) in [7, 11) is 0. The normalized spacial score (nSPS) is 11.5. The van der Waals surface area contributed by atoms with Crippen LogP contribution in [0.2, 0.25) is 0 Å². The molecule has 5 nitrogen and oxygen atoms in total. The Bertz CT molecular complexity index is 600.